The Hall–Kier alpha value is -2.28. The molecule has 2 aliphatic heterocycles. The zero-order chi connectivity index (χ0) is 13.7. The molecule has 2 aliphatic rings. The maximum absolute atomic E-state index is 12.5. The van der Waals surface area contributed by atoms with Crippen molar-refractivity contribution in [2.75, 3.05) is 19.8 Å². The number of fused-ring (bicyclic) bond motifs is 3. The molecule has 7 heteroatoms. The van der Waals surface area contributed by atoms with E-state index >= 15 is 0 Å². The third kappa shape index (κ3) is 1.50. The van der Waals surface area contributed by atoms with Gasteiger partial charge in [0.2, 0.25) is 0 Å². The Kier molecular flexibility index (Phi) is 2.37. The van der Waals surface area contributed by atoms with E-state index < -0.39 is 0 Å². The molecule has 2 aromatic rings. The summed E-state index contributed by atoms with van der Waals surface area (Å²) in [5, 5.41) is 7.19. The molecule has 0 radical (unpaired) electrons. The molecule has 0 bridgehead atoms. The molecule has 1 N–H and O–H groups in total. The summed E-state index contributed by atoms with van der Waals surface area (Å²) in [6.45, 7) is 1.71. The van der Waals surface area contributed by atoms with Crippen molar-refractivity contribution < 1.29 is 14.3 Å². The molecule has 2 amide bonds. The monoisotopic (exact) mass is 272 g/mol. The van der Waals surface area contributed by atoms with E-state index in [4.69, 9.17) is 4.74 Å². The summed E-state index contributed by atoms with van der Waals surface area (Å²) in [6, 6.07) is 0. The molecule has 4 heterocycles. The lowest BCUT2D eigenvalue weighted by molar-refractivity contribution is 0.0624. The zero-order valence-corrected chi connectivity index (χ0v) is 10.6. The smallest absolute Gasteiger partial charge is 0.263 e. The number of aromatic amines is 1. The van der Waals surface area contributed by atoms with E-state index in [-0.39, 0.29) is 17.7 Å². The summed E-state index contributed by atoms with van der Waals surface area (Å²) in [5.41, 5.74) is 1.30. The lowest BCUT2D eigenvalue weighted by Gasteiger charge is -2.17. The first-order valence-corrected chi connectivity index (χ1v) is 6.51. The molecule has 7 nitrogen and oxygen atoms in total. The lowest BCUT2D eigenvalue weighted by Crippen LogP contribution is -2.34. The summed E-state index contributed by atoms with van der Waals surface area (Å²) in [4.78, 5) is 30.3. The van der Waals surface area contributed by atoms with E-state index in [0.717, 1.165) is 6.42 Å². The van der Waals surface area contributed by atoms with Gasteiger partial charge in [-0.1, -0.05) is 0 Å². The summed E-state index contributed by atoms with van der Waals surface area (Å²) in [5.74, 6) is -0.303. The van der Waals surface area contributed by atoms with Gasteiger partial charge in [0, 0.05) is 25.3 Å². The van der Waals surface area contributed by atoms with Gasteiger partial charge in [0.25, 0.3) is 11.8 Å². The Bertz CT molecular complexity index is 717. The highest BCUT2D eigenvalue weighted by atomic mass is 16.5. The van der Waals surface area contributed by atoms with Gasteiger partial charge < -0.3 is 4.74 Å². The standard InChI is InChI=1S/C13H12N4O3/c18-12-9-3-14-11-8(4-15-16-11)10(9)13(19)17(12)5-7-1-2-20-6-7/h3-4,7H,1-2,5-6H2,(H,14,15,16). The second-order valence-electron chi connectivity index (χ2n) is 5.13. The molecule has 0 spiro atoms. The van der Waals surface area contributed by atoms with Gasteiger partial charge in [-0.2, -0.15) is 5.10 Å². The molecule has 20 heavy (non-hydrogen) atoms. The molecular formula is C13H12N4O3. The van der Waals surface area contributed by atoms with Crippen LogP contribution in [0.5, 0.6) is 0 Å². The number of hydrogen-bond donors (Lipinski definition) is 1. The van der Waals surface area contributed by atoms with Gasteiger partial charge >= 0.3 is 0 Å². The molecule has 0 aromatic carbocycles. The van der Waals surface area contributed by atoms with Crippen LogP contribution in [0.15, 0.2) is 12.4 Å². The predicted octanol–water partition coefficient (Wildman–Crippen LogP) is 0.590. The van der Waals surface area contributed by atoms with Crippen molar-refractivity contribution in [3.8, 4) is 0 Å². The highest BCUT2D eigenvalue weighted by Crippen LogP contribution is 2.29. The first kappa shape index (κ1) is 11.5. The van der Waals surface area contributed by atoms with Crippen molar-refractivity contribution in [1.82, 2.24) is 20.1 Å². The van der Waals surface area contributed by atoms with E-state index in [1.54, 1.807) is 0 Å². The second kappa shape index (κ2) is 4.11. The number of pyridine rings is 1. The summed E-state index contributed by atoms with van der Waals surface area (Å²) in [7, 11) is 0. The van der Waals surface area contributed by atoms with Crippen LogP contribution in [-0.4, -0.2) is 51.7 Å². The number of H-pyrrole nitrogens is 1. The van der Waals surface area contributed by atoms with Crippen molar-refractivity contribution in [3.05, 3.63) is 23.5 Å². The largest absolute Gasteiger partial charge is 0.381 e. The molecule has 2 aromatic heterocycles. The fourth-order valence-corrected chi connectivity index (χ4v) is 2.82. The van der Waals surface area contributed by atoms with E-state index in [1.165, 1.54) is 17.3 Å². The number of nitrogens with zero attached hydrogens (tertiary/aromatic N) is 3. The number of carbonyl (C=O) groups is 2. The molecule has 1 atom stereocenters. The normalized spacial score (nSPS) is 22.0. The Morgan fingerprint density at radius 1 is 1.35 bits per heavy atom. The van der Waals surface area contributed by atoms with Gasteiger partial charge in [0.05, 0.1) is 29.3 Å². The van der Waals surface area contributed by atoms with Crippen molar-refractivity contribution in [2.45, 2.75) is 6.42 Å². The van der Waals surface area contributed by atoms with Crippen LogP contribution in [0.25, 0.3) is 11.0 Å². The van der Waals surface area contributed by atoms with E-state index in [1.807, 2.05) is 0 Å². The van der Waals surface area contributed by atoms with Crippen molar-refractivity contribution >= 4 is 22.8 Å². The average molecular weight is 272 g/mol. The second-order valence-corrected chi connectivity index (χ2v) is 5.13. The quantitative estimate of drug-likeness (QED) is 0.808. The van der Waals surface area contributed by atoms with Crippen LogP contribution in [0.2, 0.25) is 0 Å². The molecule has 0 saturated carbocycles. The fourth-order valence-electron chi connectivity index (χ4n) is 2.82. The van der Waals surface area contributed by atoms with Crippen LogP contribution >= 0.6 is 0 Å². The van der Waals surface area contributed by atoms with Gasteiger partial charge in [0.15, 0.2) is 5.65 Å². The number of imide groups is 1. The maximum Gasteiger partial charge on any atom is 0.263 e. The van der Waals surface area contributed by atoms with E-state index in [9.17, 15) is 9.59 Å². The van der Waals surface area contributed by atoms with Gasteiger partial charge in [-0.05, 0) is 6.42 Å². The topological polar surface area (TPSA) is 88.2 Å². The van der Waals surface area contributed by atoms with Crippen molar-refractivity contribution in [1.29, 1.82) is 0 Å². The van der Waals surface area contributed by atoms with E-state index in [2.05, 4.69) is 15.2 Å². The Balaban J connectivity index is 1.75. The number of ether oxygens (including phenoxy) is 1. The number of nitrogens with one attached hydrogen (secondary N) is 1. The first-order chi connectivity index (χ1) is 9.75. The molecule has 0 aliphatic carbocycles. The minimum atomic E-state index is -0.271. The minimum Gasteiger partial charge on any atom is -0.381 e. The average Bonchev–Trinajstić information content (AvgIpc) is 3.15. The minimum absolute atomic E-state index is 0.227. The Morgan fingerprint density at radius 3 is 3.05 bits per heavy atom. The van der Waals surface area contributed by atoms with Gasteiger partial charge in [-0.15, -0.1) is 0 Å². The highest BCUT2D eigenvalue weighted by Gasteiger charge is 2.39. The Morgan fingerprint density at radius 2 is 2.25 bits per heavy atom. The molecule has 102 valence electrons. The predicted molar refractivity (Wildman–Crippen MR) is 68.2 cm³/mol. The lowest BCUT2D eigenvalue weighted by atomic mass is 10.1. The fraction of sp³-hybridized carbons (Fsp3) is 0.385. The van der Waals surface area contributed by atoms with Gasteiger partial charge in [-0.3, -0.25) is 19.6 Å². The summed E-state index contributed by atoms with van der Waals surface area (Å²) >= 11 is 0. The van der Waals surface area contributed by atoms with Crippen LogP contribution in [0.3, 0.4) is 0 Å². The maximum atomic E-state index is 12.5. The third-order valence-corrected chi connectivity index (χ3v) is 3.88. The van der Waals surface area contributed by atoms with Gasteiger partial charge in [-0.25, -0.2) is 4.98 Å². The molecule has 4 rings (SSSR count). The van der Waals surface area contributed by atoms with Gasteiger partial charge in [0.1, 0.15) is 0 Å². The number of rotatable bonds is 2. The first-order valence-electron chi connectivity index (χ1n) is 6.51. The number of hydrogen-bond acceptors (Lipinski definition) is 5. The molecule has 1 fully saturated rings. The number of amides is 2. The van der Waals surface area contributed by atoms with Crippen LogP contribution in [0.4, 0.5) is 0 Å². The highest BCUT2D eigenvalue weighted by molar-refractivity contribution is 6.25. The van der Waals surface area contributed by atoms with Crippen LogP contribution in [-0.2, 0) is 4.74 Å². The zero-order valence-electron chi connectivity index (χ0n) is 10.6. The summed E-state index contributed by atoms with van der Waals surface area (Å²) < 4.78 is 5.30. The Labute approximate surface area is 113 Å². The van der Waals surface area contributed by atoms with Crippen LogP contribution in [0, 0.1) is 5.92 Å². The third-order valence-electron chi connectivity index (χ3n) is 3.88. The van der Waals surface area contributed by atoms with Crippen molar-refractivity contribution in [2.24, 2.45) is 5.92 Å². The molecule has 1 saturated heterocycles. The number of aromatic nitrogens is 3. The molecular weight excluding hydrogens is 260 g/mol. The summed E-state index contributed by atoms with van der Waals surface area (Å²) in [6.07, 6.45) is 3.86. The van der Waals surface area contributed by atoms with Crippen LogP contribution in [0.1, 0.15) is 27.1 Å². The molecule has 1 unspecified atom stereocenters. The van der Waals surface area contributed by atoms with E-state index in [0.29, 0.717) is 41.9 Å². The SMILES string of the molecule is O=C1c2cnc3[nH]ncc3c2C(=O)N1CC1CCOC1. The van der Waals surface area contributed by atoms with Crippen LogP contribution < -0.4 is 0 Å². The van der Waals surface area contributed by atoms with Crippen molar-refractivity contribution in [3.63, 3.8) is 0 Å². The number of carbonyl (C=O) groups excluding carboxylic acids is 2.